The summed E-state index contributed by atoms with van der Waals surface area (Å²) in [6, 6.07) is 0. The second-order valence-corrected chi connectivity index (χ2v) is 4.36. The Hall–Kier alpha value is -0.950. The van der Waals surface area contributed by atoms with Gasteiger partial charge in [0.1, 0.15) is 0 Å². The Morgan fingerprint density at radius 1 is 1.19 bits per heavy atom. The summed E-state index contributed by atoms with van der Waals surface area (Å²) in [5.41, 5.74) is 0. The van der Waals surface area contributed by atoms with E-state index < -0.39 is 25.9 Å². The molecular weight excluding hydrogens is 242 g/mol. The van der Waals surface area contributed by atoms with Crippen LogP contribution in [0.25, 0.3) is 0 Å². The lowest BCUT2D eigenvalue weighted by atomic mass is 10.7. The van der Waals surface area contributed by atoms with Gasteiger partial charge in [0.25, 0.3) is 0 Å². The average Bonchev–Trinajstić information content (AvgIpc) is 2.26. The maximum Gasteiger partial charge on any atom is 0.476 e. The quantitative estimate of drug-likeness (QED) is 0.310. The van der Waals surface area contributed by atoms with Crippen LogP contribution in [0.1, 0.15) is 6.92 Å². The van der Waals surface area contributed by atoms with E-state index in [0.29, 0.717) is 0 Å². The fourth-order valence-electron chi connectivity index (χ4n) is 0.710. The molecule has 0 aliphatic carbocycles. The van der Waals surface area contributed by atoms with Crippen LogP contribution in [0.4, 0.5) is 0 Å². The summed E-state index contributed by atoms with van der Waals surface area (Å²) >= 11 is 0. The number of carbonyl (C=O) groups is 2. The third kappa shape index (κ3) is 4.71. The zero-order chi connectivity index (χ0) is 12.8. The number of methoxy groups -OCH3 is 1. The molecule has 0 fully saturated rings. The molecule has 0 saturated heterocycles. The average molecular weight is 256 g/mol. The monoisotopic (exact) mass is 256 g/mol. The number of amides is 1. The van der Waals surface area contributed by atoms with Crippen LogP contribution in [0.5, 0.6) is 0 Å². The van der Waals surface area contributed by atoms with E-state index >= 15 is 0 Å². The second kappa shape index (κ2) is 6.59. The van der Waals surface area contributed by atoms with E-state index in [1.807, 2.05) is 0 Å². The van der Waals surface area contributed by atoms with Crippen LogP contribution < -0.4 is 5.32 Å². The SMILES string of the molecule is CO[13C](=O)C(NC(C)=O)OP(=O)(OC)OC. The molecule has 0 radical (unpaired) electrons. The molecule has 94 valence electrons. The van der Waals surface area contributed by atoms with E-state index in [1.165, 1.54) is 0 Å². The Kier molecular flexibility index (Phi) is 6.20. The van der Waals surface area contributed by atoms with E-state index in [0.717, 1.165) is 28.3 Å². The maximum absolute atomic E-state index is 11.5. The van der Waals surface area contributed by atoms with Gasteiger partial charge < -0.3 is 10.1 Å². The van der Waals surface area contributed by atoms with Crippen LogP contribution in [-0.4, -0.2) is 39.4 Å². The number of rotatable bonds is 6. The van der Waals surface area contributed by atoms with Crippen LogP contribution in [0.2, 0.25) is 0 Å². The van der Waals surface area contributed by atoms with Crippen LogP contribution in [0, 0.1) is 0 Å². The second-order valence-electron chi connectivity index (χ2n) is 2.52. The Morgan fingerprint density at radius 3 is 2.00 bits per heavy atom. The van der Waals surface area contributed by atoms with Gasteiger partial charge in [0.2, 0.25) is 12.1 Å². The number of phosphoric acid groups is 1. The fourth-order valence-corrected chi connectivity index (χ4v) is 1.43. The van der Waals surface area contributed by atoms with Crippen LogP contribution in [0.3, 0.4) is 0 Å². The first kappa shape index (κ1) is 15.0. The van der Waals surface area contributed by atoms with E-state index in [-0.39, 0.29) is 0 Å². The van der Waals surface area contributed by atoms with Crippen molar-refractivity contribution in [2.45, 2.75) is 13.2 Å². The van der Waals surface area contributed by atoms with Crippen molar-refractivity contribution in [2.75, 3.05) is 21.3 Å². The molecule has 16 heavy (non-hydrogen) atoms. The predicted molar refractivity (Wildman–Crippen MR) is 52.3 cm³/mol. The van der Waals surface area contributed by atoms with Gasteiger partial charge in [0.05, 0.1) is 7.11 Å². The molecule has 0 aromatic heterocycles. The standard InChI is InChI=1S/C7H14NO7P/c1-5(9)8-6(7(10)12-2)15-16(11,13-3)14-4/h6H,1-4H3,(H,8,9)/i7+1. The van der Waals surface area contributed by atoms with Gasteiger partial charge in [-0.15, -0.1) is 0 Å². The molecule has 1 unspecified atom stereocenters. The molecule has 0 saturated carbocycles. The molecule has 9 heteroatoms. The highest BCUT2D eigenvalue weighted by Crippen LogP contribution is 2.48. The summed E-state index contributed by atoms with van der Waals surface area (Å²) in [5, 5.41) is 2.09. The van der Waals surface area contributed by atoms with Crippen molar-refractivity contribution in [1.82, 2.24) is 5.32 Å². The number of phosphoric ester groups is 1. The zero-order valence-corrected chi connectivity index (χ0v) is 10.3. The molecule has 1 atom stereocenters. The van der Waals surface area contributed by atoms with E-state index in [9.17, 15) is 14.2 Å². The van der Waals surface area contributed by atoms with E-state index in [1.54, 1.807) is 0 Å². The van der Waals surface area contributed by atoms with Crippen molar-refractivity contribution in [1.29, 1.82) is 0 Å². The van der Waals surface area contributed by atoms with Crippen molar-refractivity contribution in [3.63, 3.8) is 0 Å². The smallest absolute Gasteiger partial charge is 0.466 e. The third-order valence-corrected chi connectivity index (χ3v) is 2.79. The highest BCUT2D eigenvalue weighted by atomic mass is 31.2. The molecule has 1 amide bonds. The molecule has 1 N–H and O–H groups in total. The lowest BCUT2D eigenvalue weighted by Crippen LogP contribution is -2.42. The molecule has 8 nitrogen and oxygen atoms in total. The van der Waals surface area contributed by atoms with Gasteiger partial charge in [-0.2, -0.15) is 0 Å². The van der Waals surface area contributed by atoms with Gasteiger partial charge in [-0.25, -0.2) is 9.36 Å². The summed E-state index contributed by atoms with van der Waals surface area (Å²) in [5.74, 6) is -1.49. The molecule has 0 aliphatic rings. The highest BCUT2D eigenvalue weighted by molar-refractivity contribution is 7.48. The Bertz CT molecular complexity index is 297. The lowest BCUT2D eigenvalue weighted by molar-refractivity contribution is -0.153. The molecule has 0 aromatic rings. The molecule has 0 aromatic carbocycles. The van der Waals surface area contributed by atoms with Crippen LogP contribution >= 0.6 is 7.82 Å². The summed E-state index contributed by atoms with van der Waals surface area (Å²) < 4.78 is 29.5. The first-order valence-electron chi connectivity index (χ1n) is 4.13. The van der Waals surface area contributed by atoms with Gasteiger partial charge >= 0.3 is 13.8 Å². The molecule has 0 aliphatic heterocycles. The zero-order valence-electron chi connectivity index (χ0n) is 9.38. The van der Waals surface area contributed by atoms with Crippen molar-refractivity contribution >= 4 is 19.7 Å². The predicted octanol–water partition coefficient (Wildman–Crippen LogP) is 0.0391. The van der Waals surface area contributed by atoms with Gasteiger partial charge in [-0.1, -0.05) is 0 Å². The summed E-state index contributed by atoms with van der Waals surface area (Å²) in [6.07, 6.45) is -1.55. The number of hydrogen-bond acceptors (Lipinski definition) is 7. The van der Waals surface area contributed by atoms with Crippen molar-refractivity contribution in [3.05, 3.63) is 0 Å². The summed E-state index contributed by atoms with van der Waals surface area (Å²) in [7, 11) is -0.636. The van der Waals surface area contributed by atoms with Crippen molar-refractivity contribution in [3.8, 4) is 0 Å². The van der Waals surface area contributed by atoms with E-state index in [2.05, 4.69) is 19.1 Å². The van der Waals surface area contributed by atoms with Gasteiger partial charge in [0, 0.05) is 21.1 Å². The Balaban J connectivity index is 4.72. The minimum absolute atomic E-state index is 0.561. The molecule has 0 rings (SSSR count). The summed E-state index contributed by atoms with van der Waals surface area (Å²) in [4.78, 5) is 21.9. The number of nitrogens with one attached hydrogen (secondary N) is 1. The molecule has 0 heterocycles. The Labute approximate surface area is 92.8 Å². The number of ether oxygens (including phenoxy) is 1. The van der Waals surface area contributed by atoms with E-state index in [4.69, 9.17) is 4.52 Å². The van der Waals surface area contributed by atoms with Crippen LogP contribution in [-0.2, 0) is 32.5 Å². The highest BCUT2D eigenvalue weighted by Gasteiger charge is 2.33. The molecule has 0 spiro atoms. The van der Waals surface area contributed by atoms with Crippen molar-refractivity contribution in [2.24, 2.45) is 0 Å². The minimum Gasteiger partial charge on any atom is -0.466 e. The van der Waals surface area contributed by atoms with Gasteiger partial charge in [-0.05, 0) is 0 Å². The van der Waals surface area contributed by atoms with Crippen molar-refractivity contribution < 1.29 is 32.5 Å². The third-order valence-electron chi connectivity index (χ3n) is 1.43. The minimum atomic E-state index is -3.88. The lowest BCUT2D eigenvalue weighted by Gasteiger charge is -2.20. The first-order chi connectivity index (χ1) is 7.38. The molecular formula is C7H14NO7P. The fraction of sp³-hybridized carbons (Fsp3) is 0.714. The normalized spacial score (nSPS) is 13.0. The van der Waals surface area contributed by atoms with Crippen LogP contribution in [0.15, 0.2) is 0 Å². The number of hydrogen-bond donors (Lipinski definition) is 1. The summed E-state index contributed by atoms with van der Waals surface area (Å²) in [6.45, 7) is 1.16. The topological polar surface area (TPSA) is 100 Å². The number of esters is 1. The maximum atomic E-state index is 11.5. The molecule has 0 bridgehead atoms. The Morgan fingerprint density at radius 2 is 1.69 bits per heavy atom. The number of carbonyl (C=O) groups excluding carboxylic acids is 2. The van der Waals surface area contributed by atoms with Gasteiger partial charge in [-0.3, -0.25) is 18.4 Å². The first-order valence-corrected chi connectivity index (χ1v) is 5.59. The van der Waals surface area contributed by atoms with Gasteiger partial charge in [0.15, 0.2) is 0 Å². The largest absolute Gasteiger partial charge is 0.476 e.